The first-order valence-electron chi connectivity index (χ1n) is 10.2. The van der Waals surface area contributed by atoms with Crippen LogP contribution in [0.5, 0.6) is 5.75 Å². The highest BCUT2D eigenvalue weighted by Gasteiger charge is 2.55. The molecule has 0 fully saturated rings. The van der Waals surface area contributed by atoms with Crippen LogP contribution in [0.3, 0.4) is 0 Å². The maximum Gasteiger partial charge on any atom is 0.303 e. The lowest BCUT2D eigenvalue weighted by Gasteiger charge is -2.14. The molecule has 4 rings (SSSR count). The first-order valence-corrected chi connectivity index (χ1v) is 10.2. The molecule has 1 aliphatic heterocycles. The highest BCUT2D eigenvalue weighted by molar-refractivity contribution is 6.11. The number of carbonyl (C=O) groups is 3. The van der Waals surface area contributed by atoms with Crippen molar-refractivity contribution in [3.8, 4) is 11.8 Å². The van der Waals surface area contributed by atoms with Crippen molar-refractivity contribution in [3.05, 3.63) is 70.3 Å². The molecule has 1 spiro atoms. The predicted molar refractivity (Wildman–Crippen MR) is 115 cm³/mol. The van der Waals surface area contributed by atoms with Gasteiger partial charge in [0.1, 0.15) is 12.4 Å². The number of nitrogens with zero attached hydrogens (tertiary/aromatic N) is 1. The van der Waals surface area contributed by atoms with Gasteiger partial charge in [0.25, 0.3) is 11.8 Å². The van der Waals surface area contributed by atoms with Crippen LogP contribution in [0.1, 0.15) is 39.9 Å². The minimum Gasteiger partial charge on any atom is -0.492 e. The van der Waals surface area contributed by atoms with Gasteiger partial charge in [-0.15, -0.1) is 0 Å². The number of carboxylic acid groups (broad SMARTS) is 1. The molecule has 0 radical (unpaired) electrons. The summed E-state index contributed by atoms with van der Waals surface area (Å²) in [5.74, 6) is -0.787. The summed E-state index contributed by atoms with van der Waals surface area (Å²) in [7, 11) is 1.56. The molecule has 3 N–H and O–H groups in total. The Hall–Kier alpha value is -4.12. The summed E-state index contributed by atoms with van der Waals surface area (Å²) in [6.45, 7) is 0.284. The van der Waals surface area contributed by atoms with E-state index in [-0.39, 0.29) is 24.8 Å². The van der Waals surface area contributed by atoms with Gasteiger partial charge in [0.05, 0.1) is 17.0 Å². The van der Waals surface area contributed by atoms with E-state index in [0.717, 1.165) is 11.1 Å². The second-order valence-corrected chi connectivity index (χ2v) is 7.79. The van der Waals surface area contributed by atoms with E-state index in [1.165, 1.54) is 0 Å². The summed E-state index contributed by atoms with van der Waals surface area (Å²) in [4.78, 5) is 35.9. The van der Waals surface area contributed by atoms with E-state index in [1.807, 2.05) is 6.08 Å². The van der Waals surface area contributed by atoms with E-state index < -0.39 is 11.4 Å². The topological polar surface area (TPSA) is 129 Å². The van der Waals surface area contributed by atoms with Crippen LogP contribution < -0.4 is 15.4 Å². The van der Waals surface area contributed by atoms with Crippen LogP contribution in [-0.4, -0.2) is 36.5 Å². The number of benzene rings is 2. The molecule has 2 amide bonds. The first-order chi connectivity index (χ1) is 15.4. The van der Waals surface area contributed by atoms with Crippen molar-refractivity contribution in [2.75, 3.05) is 19.0 Å². The maximum atomic E-state index is 13.1. The van der Waals surface area contributed by atoms with Gasteiger partial charge in [-0.1, -0.05) is 12.1 Å². The Balaban J connectivity index is 1.54. The van der Waals surface area contributed by atoms with E-state index in [1.54, 1.807) is 43.4 Å². The van der Waals surface area contributed by atoms with Crippen LogP contribution in [0.15, 0.2) is 48.0 Å². The summed E-state index contributed by atoms with van der Waals surface area (Å²) < 4.78 is 5.75. The van der Waals surface area contributed by atoms with Crippen LogP contribution in [0.25, 0.3) is 0 Å². The maximum absolute atomic E-state index is 13.1. The summed E-state index contributed by atoms with van der Waals surface area (Å²) in [5.41, 5.74) is 2.77. The minimum absolute atomic E-state index is 0.0173. The third-order valence-electron chi connectivity index (χ3n) is 5.76. The van der Waals surface area contributed by atoms with E-state index in [2.05, 4.69) is 16.7 Å². The van der Waals surface area contributed by atoms with Crippen molar-refractivity contribution < 1.29 is 24.2 Å². The number of fused-ring (bicyclic) bond motifs is 2. The molecule has 2 aliphatic rings. The highest BCUT2D eigenvalue weighted by Crippen LogP contribution is 2.54. The number of ether oxygens (including phenoxy) is 1. The fraction of sp³-hybridized carbons (Fsp3) is 0.250. The van der Waals surface area contributed by atoms with Crippen molar-refractivity contribution in [2.45, 2.75) is 24.7 Å². The predicted octanol–water partition coefficient (Wildman–Crippen LogP) is 2.53. The van der Waals surface area contributed by atoms with Gasteiger partial charge in [-0.2, -0.15) is 5.26 Å². The molecular weight excluding hydrogens is 410 g/mol. The highest BCUT2D eigenvalue weighted by atomic mass is 16.5. The molecule has 162 valence electrons. The van der Waals surface area contributed by atoms with Crippen molar-refractivity contribution in [3.63, 3.8) is 0 Å². The number of carbonyl (C=O) groups excluding carboxylic acids is 2. The van der Waals surface area contributed by atoms with Crippen molar-refractivity contribution in [2.24, 2.45) is 0 Å². The number of nitriles is 1. The normalized spacial score (nSPS) is 17.6. The SMILES string of the molecule is CNC(=O)c1ccc2c(c1)[C@@]1(C=C1C(=O)Nc1cc(C#N)ccc1CCCC(=O)O)CO2. The van der Waals surface area contributed by atoms with Crippen molar-refractivity contribution >= 4 is 23.5 Å². The Kier molecular flexibility index (Phi) is 5.41. The molecule has 2 aromatic rings. The second kappa shape index (κ2) is 8.19. The van der Waals surface area contributed by atoms with Gasteiger partial charge in [0, 0.05) is 35.9 Å². The summed E-state index contributed by atoms with van der Waals surface area (Å²) >= 11 is 0. The zero-order valence-corrected chi connectivity index (χ0v) is 17.4. The van der Waals surface area contributed by atoms with E-state index in [4.69, 9.17) is 9.84 Å². The lowest BCUT2D eigenvalue weighted by Crippen LogP contribution is -2.22. The molecular formula is C24H21N3O5. The molecule has 0 bridgehead atoms. The van der Waals surface area contributed by atoms with E-state index >= 15 is 0 Å². The number of carboxylic acids is 1. The second-order valence-electron chi connectivity index (χ2n) is 7.79. The van der Waals surface area contributed by atoms with Crippen molar-refractivity contribution in [1.29, 1.82) is 5.26 Å². The zero-order chi connectivity index (χ0) is 22.9. The number of hydrogen-bond donors (Lipinski definition) is 3. The van der Waals surface area contributed by atoms with Crippen LogP contribution in [0, 0.1) is 11.3 Å². The van der Waals surface area contributed by atoms with Gasteiger partial charge in [-0.05, 0) is 48.7 Å². The first kappa shape index (κ1) is 21.1. The third kappa shape index (κ3) is 3.81. The third-order valence-corrected chi connectivity index (χ3v) is 5.76. The van der Waals surface area contributed by atoms with Crippen LogP contribution in [-0.2, 0) is 21.4 Å². The number of rotatable bonds is 7. The Morgan fingerprint density at radius 3 is 2.72 bits per heavy atom. The number of amides is 2. The molecule has 2 aromatic carbocycles. The fourth-order valence-electron chi connectivity index (χ4n) is 3.98. The number of anilines is 1. The number of nitrogens with one attached hydrogen (secondary N) is 2. The summed E-state index contributed by atoms with van der Waals surface area (Å²) in [6, 6.07) is 12.2. The van der Waals surface area contributed by atoms with E-state index in [9.17, 15) is 19.6 Å². The number of aryl methyl sites for hydroxylation is 1. The van der Waals surface area contributed by atoms with Gasteiger partial charge < -0.3 is 20.5 Å². The largest absolute Gasteiger partial charge is 0.492 e. The molecule has 0 aromatic heterocycles. The van der Waals surface area contributed by atoms with Gasteiger partial charge in [0.2, 0.25) is 0 Å². The molecule has 8 nitrogen and oxygen atoms in total. The molecule has 32 heavy (non-hydrogen) atoms. The summed E-state index contributed by atoms with van der Waals surface area (Å²) in [5, 5.41) is 23.6. The quantitative estimate of drug-likeness (QED) is 0.618. The Bertz CT molecular complexity index is 1210. The number of aliphatic carboxylic acids is 1. The fourth-order valence-corrected chi connectivity index (χ4v) is 3.98. The molecule has 0 saturated heterocycles. The van der Waals surface area contributed by atoms with Crippen LogP contribution in [0.2, 0.25) is 0 Å². The smallest absolute Gasteiger partial charge is 0.303 e. The van der Waals surface area contributed by atoms with Gasteiger partial charge in [-0.25, -0.2) is 0 Å². The molecule has 1 heterocycles. The van der Waals surface area contributed by atoms with E-state index in [0.29, 0.717) is 41.0 Å². The summed E-state index contributed by atoms with van der Waals surface area (Å²) in [6.07, 6.45) is 2.71. The lowest BCUT2D eigenvalue weighted by molar-refractivity contribution is -0.137. The van der Waals surface area contributed by atoms with Gasteiger partial charge in [-0.3, -0.25) is 14.4 Å². The van der Waals surface area contributed by atoms with Gasteiger partial charge in [0.15, 0.2) is 0 Å². The average molecular weight is 431 g/mol. The minimum atomic E-state index is -0.884. The van der Waals surface area contributed by atoms with Crippen LogP contribution >= 0.6 is 0 Å². The molecule has 8 heteroatoms. The molecule has 1 atom stereocenters. The van der Waals surface area contributed by atoms with Gasteiger partial charge >= 0.3 is 5.97 Å². The number of hydrogen-bond acceptors (Lipinski definition) is 5. The van der Waals surface area contributed by atoms with Crippen LogP contribution in [0.4, 0.5) is 5.69 Å². The van der Waals surface area contributed by atoms with Crippen molar-refractivity contribution in [1.82, 2.24) is 5.32 Å². The Morgan fingerprint density at radius 1 is 1.19 bits per heavy atom. The Labute approximate surface area is 184 Å². The standard InChI is InChI=1S/C24H21N3O5/c1-26-22(30)16-7-8-20-17(10-16)24(13-32-20)11-18(24)23(31)27-19-9-14(12-25)5-6-15(19)3-2-4-21(28)29/h5-11H,2-4,13H2,1H3,(H,26,30)(H,27,31)(H,28,29)/t24-/m1/s1. The monoisotopic (exact) mass is 431 g/mol. The Morgan fingerprint density at radius 2 is 2.00 bits per heavy atom. The molecule has 1 aliphatic carbocycles. The average Bonchev–Trinajstić information content (AvgIpc) is 3.42. The zero-order valence-electron chi connectivity index (χ0n) is 17.4. The lowest BCUT2D eigenvalue weighted by atomic mass is 9.90. The molecule has 0 saturated carbocycles. The molecule has 0 unspecified atom stereocenters.